The molecule has 16 heavy (non-hydrogen) atoms. The van der Waals surface area contributed by atoms with Gasteiger partial charge in [0.05, 0.1) is 0 Å². The molecular weight excluding hydrogens is 328 g/mol. The largest absolute Gasteiger partial charge is 0.0842 e. The number of alkyl halides is 1. The van der Waals surface area contributed by atoms with E-state index >= 15 is 0 Å². The molecule has 2 heteroatoms. The summed E-state index contributed by atoms with van der Waals surface area (Å²) in [7, 11) is 0. The molecule has 2 aromatic carbocycles. The van der Waals surface area contributed by atoms with Crippen LogP contribution < -0.4 is 0 Å². The van der Waals surface area contributed by atoms with Gasteiger partial charge >= 0.3 is 0 Å². The molecule has 3 rings (SSSR count). The van der Waals surface area contributed by atoms with Crippen molar-refractivity contribution in [2.45, 2.75) is 11.2 Å². The lowest BCUT2D eigenvalue weighted by Crippen LogP contribution is -2.05. The summed E-state index contributed by atoms with van der Waals surface area (Å²) in [6.45, 7) is 0. The Balaban J connectivity index is 2.31. The Bertz CT molecular complexity index is 585. The van der Waals surface area contributed by atoms with Crippen LogP contribution in [0.15, 0.2) is 40.9 Å². The minimum Gasteiger partial charge on any atom is -0.0842 e. The van der Waals surface area contributed by atoms with Gasteiger partial charge in [-0.05, 0) is 40.5 Å². The molecule has 0 nitrogen and oxygen atoms in total. The molecule has 0 aliphatic heterocycles. The Labute approximate surface area is 112 Å². The quantitative estimate of drug-likeness (QED) is 0.597. The first kappa shape index (κ1) is 10.5. The van der Waals surface area contributed by atoms with Crippen molar-refractivity contribution in [2.24, 2.45) is 0 Å². The standard InChI is InChI=1S/C14H10Br2/c15-11-3-5-13-9(7-11)1-2-10-8-12(16)4-6-14(10)13/h1-7,12H,8H2. The van der Waals surface area contributed by atoms with Gasteiger partial charge in [0, 0.05) is 9.30 Å². The zero-order valence-corrected chi connectivity index (χ0v) is 11.8. The molecule has 2 aromatic rings. The summed E-state index contributed by atoms with van der Waals surface area (Å²) in [5.41, 5.74) is 2.81. The van der Waals surface area contributed by atoms with E-state index in [1.54, 1.807) is 0 Å². The maximum Gasteiger partial charge on any atom is 0.0369 e. The Morgan fingerprint density at radius 2 is 2.00 bits per heavy atom. The van der Waals surface area contributed by atoms with Crippen LogP contribution >= 0.6 is 31.9 Å². The van der Waals surface area contributed by atoms with Crippen molar-refractivity contribution in [3.8, 4) is 0 Å². The van der Waals surface area contributed by atoms with Crippen molar-refractivity contribution in [3.63, 3.8) is 0 Å². The first-order valence-electron chi connectivity index (χ1n) is 5.27. The van der Waals surface area contributed by atoms with Crippen molar-refractivity contribution in [3.05, 3.63) is 52.0 Å². The lowest BCUT2D eigenvalue weighted by Gasteiger charge is -2.16. The van der Waals surface area contributed by atoms with Gasteiger partial charge in [-0.3, -0.25) is 0 Å². The molecule has 0 saturated heterocycles. The van der Waals surface area contributed by atoms with Crippen LogP contribution in [-0.4, -0.2) is 4.83 Å². The Morgan fingerprint density at radius 1 is 1.12 bits per heavy atom. The molecule has 0 radical (unpaired) electrons. The zero-order chi connectivity index (χ0) is 11.1. The van der Waals surface area contributed by atoms with Crippen LogP contribution in [0.2, 0.25) is 0 Å². The SMILES string of the molecule is Brc1ccc2c3c(ccc2c1)CC(Br)C=C3. The zero-order valence-electron chi connectivity index (χ0n) is 8.58. The lowest BCUT2D eigenvalue weighted by molar-refractivity contribution is 1.02. The molecule has 0 saturated carbocycles. The summed E-state index contributed by atoms with van der Waals surface area (Å²) in [6.07, 6.45) is 5.54. The highest BCUT2D eigenvalue weighted by Gasteiger charge is 2.13. The van der Waals surface area contributed by atoms with E-state index in [4.69, 9.17) is 0 Å². The average Bonchev–Trinajstić information content (AvgIpc) is 2.28. The van der Waals surface area contributed by atoms with Crippen LogP contribution in [0.4, 0.5) is 0 Å². The van der Waals surface area contributed by atoms with Gasteiger partial charge in [-0.15, -0.1) is 0 Å². The van der Waals surface area contributed by atoms with Gasteiger partial charge in [0.1, 0.15) is 0 Å². The number of allylic oxidation sites excluding steroid dienone is 1. The van der Waals surface area contributed by atoms with Gasteiger partial charge in [-0.1, -0.05) is 62.2 Å². The molecule has 1 unspecified atom stereocenters. The van der Waals surface area contributed by atoms with Gasteiger partial charge in [0.25, 0.3) is 0 Å². The number of fused-ring (bicyclic) bond motifs is 3. The van der Waals surface area contributed by atoms with Crippen LogP contribution in [0.3, 0.4) is 0 Å². The van der Waals surface area contributed by atoms with Crippen LogP contribution in [0.25, 0.3) is 16.8 Å². The molecule has 1 atom stereocenters. The Hall–Kier alpha value is -0.600. The molecule has 0 aromatic heterocycles. The third-order valence-electron chi connectivity index (χ3n) is 3.00. The van der Waals surface area contributed by atoms with Crippen LogP contribution in [0, 0.1) is 0 Å². The second-order valence-electron chi connectivity index (χ2n) is 4.08. The topological polar surface area (TPSA) is 0 Å². The summed E-state index contributed by atoms with van der Waals surface area (Å²) in [5.74, 6) is 0. The van der Waals surface area contributed by atoms with Gasteiger partial charge in [0.2, 0.25) is 0 Å². The van der Waals surface area contributed by atoms with E-state index in [2.05, 4.69) is 74.3 Å². The van der Waals surface area contributed by atoms with E-state index < -0.39 is 0 Å². The minimum absolute atomic E-state index is 0.480. The van der Waals surface area contributed by atoms with E-state index in [9.17, 15) is 0 Å². The summed E-state index contributed by atoms with van der Waals surface area (Å²) in [5, 5.41) is 2.64. The van der Waals surface area contributed by atoms with Gasteiger partial charge < -0.3 is 0 Å². The molecule has 0 heterocycles. The smallest absolute Gasteiger partial charge is 0.0369 e. The summed E-state index contributed by atoms with van der Waals surface area (Å²) >= 11 is 7.15. The van der Waals surface area contributed by atoms with Crippen molar-refractivity contribution in [1.82, 2.24) is 0 Å². The highest BCUT2D eigenvalue weighted by molar-refractivity contribution is 9.10. The third-order valence-corrected chi connectivity index (χ3v) is 4.12. The minimum atomic E-state index is 0.480. The van der Waals surface area contributed by atoms with Crippen LogP contribution in [0.1, 0.15) is 11.1 Å². The van der Waals surface area contributed by atoms with E-state index in [1.807, 2.05) is 0 Å². The van der Waals surface area contributed by atoms with Crippen molar-refractivity contribution >= 4 is 48.7 Å². The first-order valence-corrected chi connectivity index (χ1v) is 6.98. The van der Waals surface area contributed by atoms with E-state index in [-0.39, 0.29) is 0 Å². The van der Waals surface area contributed by atoms with Crippen LogP contribution in [0.5, 0.6) is 0 Å². The number of halogens is 2. The number of hydrogen-bond donors (Lipinski definition) is 0. The lowest BCUT2D eigenvalue weighted by atomic mass is 9.92. The molecule has 1 aliphatic rings. The van der Waals surface area contributed by atoms with Crippen molar-refractivity contribution in [2.75, 3.05) is 0 Å². The predicted molar refractivity (Wildman–Crippen MR) is 77.1 cm³/mol. The molecule has 0 spiro atoms. The maximum absolute atomic E-state index is 3.64. The molecule has 0 bridgehead atoms. The number of hydrogen-bond acceptors (Lipinski definition) is 0. The van der Waals surface area contributed by atoms with Gasteiger partial charge in [-0.25, -0.2) is 0 Å². The van der Waals surface area contributed by atoms with Gasteiger partial charge in [-0.2, -0.15) is 0 Å². The van der Waals surface area contributed by atoms with Crippen LogP contribution in [-0.2, 0) is 6.42 Å². The Morgan fingerprint density at radius 3 is 2.88 bits per heavy atom. The van der Waals surface area contributed by atoms with Crippen molar-refractivity contribution in [1.29, 1.82) is 0 Å². The summed E-state index contributed by atoms with van der Waals surface area (Å²) in [6, 6.07) is 10.9. The maximum atomic E-state index is 3.64. The molecule has 0 fully saturated rings. The fourth-order valence-corrected chi connectivity index (χ4v) is 3.10. The molecule has 80 valence electrons. The Kier molecular flexibility index (Phi) is 2.64. The molecule has 0 N–H and O–H groups in total. The molecule has 1 aliphatic carbocycles. The number of rotatable bonds is 0. The number of benzene rings is 2. The predicted octanol–water partition coefficient (Wildman–Crippen LogP) is 4.94. The monoisotopic (exact) mass is 336 g/mol. The first-order chi connectivity index (χ1) is 7.74. The van der Waals surface area contributed by atoms with Crippen molar-refractivity contribution < 1.29 is 0 Å². The highest BCUT2D eigenvalue weighted by atomic mass is 79.9. The third kappa shape index (κ3) is 1.74. The normalized spacial score (nSPS) is 18.8. The molecule has 0 amide bonds. The fraction of sp³-hybridized carbons (Fsp3) is 0.143. The summed E-state index contributed by atoms with van der Waals surface area (Å²) in [4.78, 5) is 0.480. The summed E-state index contributed by atoms with van der Waals surface area (Å²) < 4.78 is 1.14. The van der Waals surface area contributed by atoms with E-state index in [1.165, 1.54) is 21.9 Å². The van der Waals surface area contributed by atoms with Gasteiger partial charge in [0.15, 0.2) is 0 Å². The van der Waals surface area contributed by atoms with E-state index in [0.29, 0.717) is 4.83 Å². The average molecular weight is 338 g/mol. The highest BCUT2D eigenvalue weighted by Crippen LogP contribution is 2.31. The fourth-order valence-electron chi connectivity index (χ4n) is 2.22. The second kappa shape index (κ2) is 4.01. The molecular formula is C14H10Br2. The second-order valence-corrected chi connectivity index (χ2v) is 6.17. The van der Waals surface area contributed by atoms with E-state index in [0.717, 1.165) is 10.9 Å².